The van der Waals surface area contributed by atoms with Crippen molar-refractivity contribution < 1.29 is 28.5 Å². The summed E-state index contributed by atoms with van der Waals surface area (Å²) in [7, 11) is 3.17. The summed E-state index contributed by atoms with van der Waals surface area (Å²) in [6.07, 6.45) is -1.80. The van der Waals surface area contributed by atoms with E-state index in [2.05, 4.69) is 0 Å². The maximum absolute atomic E-state index is 12.0. The van der Waals surface area contributed by atoms with Crippen LogP contribution in [0.5, 0.6) is 0 Å². The number of hydrogen-bond acceptors (Lipinski definition) is 6. The van der Waals surface area contributed by atoms with Gasteiger partial charge in [0.1, 0.15) is 24.9 Å². The average Bonchev–Trinajstić information content (AvgIpc) is 2.94. The second kappa shape index (κ2) is 8.76. The lowest BCUT2D eigenvalue weighted by molar-refractivity contribution is -0.186. The Morgan fingerprint density at radius 3 is 2.28 bits per heavy atom. The molecule has 0 N–H and O–H groups in total. The smallest absolute Gasteiger partial charge is 0.311 e. The fourth-order valence-electron chi connectivity index (χ4n) is 2.62. The third kappa shape index (κ3) is 5.25. The van der Waals surface area contributed by atoms with Gasteiger partial charge in [-0.3, -0.25) is 4.79 Å². The topological polar surface area (TPSA) is 63.2 Å². The molecule has 2 rings (SSSR count). The van der Waals surface area contributed by atoms with Gasteiger partial charge in [0.2, 0.25) is 0 Å². The minimum Gasteiger partial charge on any atom is -0.462 e. The summed E-state index contributed by atoms with van der Waals surface area (Å²) in [5.41, 5.74) is 0.475. The molecule has 4 atom stereocenters. The van der Waals surface area contributed by atoms with Crippen LogP contribution in [0, 0.1) is 5.41 Å². The molecule has 1 aromatic rings. The zero-order valence-corrected chi connectivity index (χ0v) is 15.6. The van der Waals surface area contributed by atoms with E-state index in [1.807, 2.05) is 51.1 Å². The fraction of sp³-hybridized carbons (Fsp3) is 0.632. The van der Waals surface area contributed by atoms with Crippen molar-refractivity contribution in [1.29, 1.82) is 0 Å². The third-order valence-corrected chi connectivity index (χ3v) is 4.06. The zero-order chi connectivity index (χ0) is 18.4. The summed E-state index contributed by atoms with van der Waals surface area (Å²) in [5.74, 6) is -0.284. The molecule has 1 aliphatic rings. The first-order chi connectivity index (χ1) is 11.9. The van der Waals surface area contributed by atoms with Crippen LogP contribution in [0.2, 0.25) is 0 Å². The van der Waals surface area contributed by atoms with Gasteiger partial charge in [-0.1, -0.05) is 30.3 Å². The van der Waals surface area contributed by atoms with E-state index in [1.165, 1.54) is 0 Å². The highest BCUT2D eigenvalue weighted by atomic mass is 16.7. The molecule has 1 saturated heterocycles. The average molecular weight is 352 g/mol. The second-order valence-corrected chi connectivity index (χ2v) is 7.09. The Balaban J connectivity index is 1.96. The minimum absolute atomic E-state index is 0.0969. The van der Waals surface area contributed by atoms with Crippen LogP contribution in [0.1, 0.15) is 26.3 Å². The summed E-state index contributed by atoms with van der Waals surface area (Å²) in [5, 5.41) is 0. The van der Waals surface area contributed by atoms with Crippen LogP contribution in [0.4, 0.5) is 0 Å². The quantitative estimate of drug-likeness (QED) is 0.703. The monoisotopic (exact) mass is 352 g/mol. The number of hydrogen-bond donors (Lipinski definition) is 0. The molecule has 25 heavy (non-hydrogen) atoms. The van der Waals surface area contributed by atoms with Crippen LogP contribution in [0.3, 0.4) is 0 Å². The Bertz CT molecular complexity index is 539. The molecule has 0 bridgehead atoms. The minimum atomic E-state index is -0.589. The molecular weight excluding hydrogens is 324 g/mol. The Morgan fingerprint density at radius 2 is 1.72 bits per heavy atom. The Labute approximate surface area is 149 Å². The van der Waals surface area contributed by atoms with Crippen molar-refractivity contribution in [1.82, 2.24) is 0 Å². The molecule has 0 radical (unpaired) electrons. The Hall–Kier alpha value is -1.47. The summed E-state index contributed by atoms with van der Waals surface area (Å²) < 4.78 is 28.1. The van der Waals surface area contributed by atoms with E-state index >= 15 is 0 Å². The molecule has 0 amide bonds. The molecule has 1 aromatic carbocycles. The van der Waals surface area contributed by atoms with Gasteiger partial charge >= 0.3 is 5.97 Å². The molecule has 1 aliphatic heterocycles. The number of benzene rings is 1. The van der Waals surface area contributed by atoms with Gasteiger partial charge in [-0.2, -0.15) is 0 Å². The number of rotatable bonds is 7. The highest BCUT2D eigenvalue weighted by molar-refractivity contribution is 5.75. The molecule has 1 fully saturated rings. The SMILES string of the molecule is CO[C@@H]1[C@@H](OC)[C@@H](OCc2ccccc2)O[C@@H]1COC(=O)C(C)(C)C. The second-order valence-electron chi connectivity index (χ2n) is 7.09. The van der Waals surface area contributed by atoms with Crippen LogP contribution in [-0.4, -0.2) is 51.4 Å². The van der Waals surface area contributed by atoms with Crippen molar-refractivity contribution in [3.8, 4) is 0 Å². The lowest BCUT2D eigenvalue weighted by atomic mass is 9.97. The first kappa shape index (κ1) is 19.8. The molecule has 0 spiro atoms. The molecule has 6 nitrogen and oxygen atoms in total. The summed E-state index contributed by atoms with van der Waals surface area (Å²) in [6, 6.07) is 9.82. The number of esters is 1. The molecule has 6 heteroatoms. The van der Waals surface area contributed by atoms with E-state index in [-0.39, 0.29) is 18.7 Å². The van der Waals surface area contributed by atoms with E-state index in [0.717, 1.165) is 5.56 Å². The highest BCUT2D eigenvalue weighted by Crippen LogP contribution is 2.28. The number of ether oxygens (including phenoxy) is 5. The first-order valence-corrected chi connectivity index (χ1v) is 8.40. The lowest BCUT2D eigenvalue weighted by Gasteiger charge is -2.22. The number of methoxy groups -OCH3 is 2. The molecule has 140 valence electrons. The van der Waals surface area contributed by atoms with Crippen LogP contribution in [0.15, 0.2) is 30.3 Å². The van der Waals surface area contributed by atoms with Gasteiger partial charge in [-0.15, -0.1) is 0 Å². The fourth-order valence-corrected chi connectivity index (χ4v) is 2.62. The highest BCUT2D eigenvalue weighted by Gasteiger charge is 2.47. The van der Waals surface area contributed by atoms with E-state index < -0.39 is 23.9 Å². The Morgan fingerprint density at radius 1 is 1.08 bits per heavy atom. The summed E-state index contributed by atoms with van der Waals surface area (Å²) in [6.45, 7) is 5.92. The number of carbonyl (C=O) groups excluding carboxylic acids is 1. The van der Waals surface area contributed by atoms with Crippen molar-refractivity contribution in [3.05, 3.63) is 35.9 Å². The van der Waals surface area contributed by atoms with Crippen molar-refractivity contribution in [2.45, 2.75) is 52.0 Å². The van der Waals surface area contributed by atoms with Crippen molar-refractivity contribution in [2.24, 2.45) is 5.41 Å². The molecule has 0 aliphatic carbocycles. The molecule has 0 saturated carbocycles. The van der Waals surface area contributed by atoms with Crippen LogP contribution in [-0.2, 0) is 35.1 Å². The first-order valence-electron chi connectivity index (χ1n) is 8.40. The van der Waals surface area contributed by atoms with Gasteiger partial charge in [0.05, 0.1) is 12.0 Å². The van der Waals surface area contributed by atoms with Gasteiger partial charge in [0, 0.05) is 14.2 Å². The maximum Gasteiger partial charge on any atom is 0.311 e. The zero-order valence-electron chi connectivity index (χ0n) is 15.6. The number of carbonyl (C=O) groups is 1. The summed E-state index contributed by atoms with van der Waals surface area (Å²) >= 11 is 0. The predicted molar refractivity (Wildman–Crippen MR) is 91.9 cm³/mol. The van der Waals surface area contributed by atoms with Crippen molar-refractivity contribution in [2.75, 3.05) is 20.8 Å². The van der Waals surface area contributed by atoms with E-state index in [1.54, 1.807) is 14.2 Å². The lowest BCUT2D eigenvalue weighted by Crippen LogP contribution is -2.39. The normalized spacial score (nSPS) is 26.6. The van der Waals surface area contributed by atoms with E-state index in [4.69, 9.17) is 23.7 Å². The third-order valence-electron chi connectivity index (χ3n) is 4.06. The van der Waals surface area contributed by atoms with Crippen molar-refractivity contribution >= 4 is 5.97 Å². The van der Waals surface area contributed by atoms with Crippen molar-refractivity contribution in [3.63, 3.8) is 0 Å². The van der Waals surface area contributed by atoms with E-state index in [9.17, 15) is 4.79 Å². The van der Waals surface area contributed by atoms with Gasteiger partial charge in [-0.25, -0.2) is 0 Å². The molecule has 0 aromatic heterocycles. The van der Waals surface area contributed by atoms with Gasteiger partial charge in [0.25, 0.3) is 0 Å². The predicted octanol–water partition coefficient (Wildman–Crippen LogP) is 2.55. The molecular formula is C19H28O6. The van der Waals surface area contributed by atoms with Crippen LogP contribution in [0.25, 0.3) is 0 Å². The largest absolute Gasteiger partial charge is 0.462 e. The summed E-state index contributed by atoms with van der Waals surface area (Å²) in [4.78, 5) is 12.0. The van der Waals surface area contributed by atoms with Crippen LogP contribution >= 0.6 is 0 Å². The molecule has 0 unspecified atom stereocenters. The van der Waals surface area contributed by atoms with Gasteiger partial charge in [0.15, 0.2) is 6.29 Å². The molecule has 1 heterocycles. The van der Waals surface area contributed by atoms with Gasteiger partial charge in [-0.05, 0) is 26.3 Å². The van der Waals surface area contributed by atoms with Crippen LogP contribution < -0.4 is 0 Å². The maximum atomic E-state index is 12.0. The van der Waals surface area contributed by atoms with Gasteiger partial charge < -0.3 is 23.7 Å². The Kier molecular flexibility index (Phi) is 6.95. The van der Waals surface area contributed by atoms with E-state index in [0.29, 0.717) is 6.61 Å². The standard InChI is InChI=1S/C19H28O6/c1-19(2,3)18(20)24-12-14-15(21-4)16(22-5)17(25-14)23-11-13-9-7-6-8-10-13/h6-10,14-17H,11-12H2,1-5H3/t14-,15+,16-,17+/m1/s1.